The van der Waals surface area contributed by atoms with E-state index in [1.165, 1.54) is 12.1 Å². The van der Waals surface area contributed by atoms with E-state index in [9.17, 15) is 9.50 Å². The molecule has 0 saturated carbocycles. The Morgan fingerprint density at radius 1 is 1.22 bits per heavy atom. The van der Waals surface area contributed by atoms with Gasteiger partial charge in [0.2, 0.25) is 0 Å². The molecule has 3 heteroatoms. The first kappa shape index (κ1) is 13.1. The largest absolute Gasteiger partial charge is 0.388 e. The standard InChI is InChI=1S/C15H14ClFO/c1-10-7-14(17)6-5-11(10)9-15(18)12-3-2-4-13(16)8-12/h2-8,15,18H,9H2,1H3. The lowest BCUT2D eigenvalue weighted by Crippen LogP contribution is -2.03. The lowest BCUT2D eigenvalue weighted by Gasteiger charge is -2.13. The van der Waals surface area contributed by atoms with Gasteiger partial charge < -0.3 is 5.11 Å². The number of rotatable bonds is 3. The normalized spacial score (nSPS) is 12.4. The van der Waals surface area contributed by atoms with Gasteiger partial charge in [0.25, 0.3) is 0 Å². The zero-order valence-electron chi connectivity index (χ0n) is 10.0. The number of aliphatic hydroxyl groups is 1. The third-order valence-corrected chi connectivity index (χ3v) is 3.19. The Hall–Kier alpha value is -1.38. The molecule has 0 aliphatic rings. The average molecular weight is 265 g/mol. The molecule has 0 aromatic heterocycles. The van der Waals surface area contributed by atoms with Crippen LogP contribution in [0.4, 0.5) is 4.39 Å². The second-order valence-corrected chi connectivity index (χ2v) is 4.78. The van der Waals surface area contributed by atoms with Crippen LogP contribution in [0.1, 0.15) is 22.8 Å². The Kier molecular flexibility index (Phi) is 4.00. The first-order chi connectivity index (χ1) is 8.56. The predicted octanol–water partition coefficient (Wildman–Crippen LogP) is 4.06. The van der Waals surface area contributed by atoms with Gasteiger partial charge in [-0.05, 0) is 47.9 Å². The number of aryl methyl sites for hydroxylation is 1. The Morgan fingerprint density at radius 3 is 2.67 bits per heavy atom. The zero-order valence-corrected chi connectivity index (χ0v) is 10.8. The number of aliphatic hydroxyl groups excluding tert-OH is 1. The van der Waals surface area contributed by atoms with Crippen LogP contribution >= 0.6 is 11.6 Å². The summed E-state index contributed by atoms with van der Waals surface area (Å²) in [6.07, 6.45) is -0.181. The summed E-state index contributed by atoms with van der Waals surface area (Å²) < 4.78 is 13.0. The van der Waals surface area contributed by atoms with Gasteiger partial charge in [0, 0.05) is 11.4 Å². The van der Waals surface area contributed by atoms with Crippen LogP contribution in [-0.2, 0) is 6.42 Å². The maximum atomic E-state index is 13.0. The van der Waals surface area contributed by atoms with Crippen molar-refractivity contribution in [2.75, 3.05) is 0 Å². The van der Waals surface area contributed by atoms with Crippen LogP contribution in [0.15, 0.2) is 42.5 Å². The molecule has 0 aliphatic heterocycles. The van der Waals surface area contributed by atoms with Gasteiger partial charge in [-0.2, -0.15) is 0 Å². The van der Waals surface area contributed by atoms with Crippen LogP contribution in [0.5, 0.6) is 0 Å². The van der Waals surface area contributed by atoms with Crippen LogP contribution in [0.25, 0.3) is 0 Å². The van der Waals surface area contributed by atoms with Gasteiger partial charge in [0.1, 0.15) is 5.82 Å². The van der Waals surface area contributed by atoms with Crippen LogP contribution in [0, 0.1) is 12.7 Å². The number of halogens is 2. The lowest BCUT2D eigenvalue weighted by molar-refractivity contribution is 0.178. The van der Waals surface area contributed by atoms with Crippen molar-refractivity contribution in [1.29, 1.82) is 0 Å². The third kappa shape index (κ3) is 3.09. The molecule has 2 aromatic carbocycles. The van der Waals surface area contributed by atoms with Crippen LogP contribution in [0.2, 0.25) is 5.02 Å². The minimum absolute atomic E-state index is 0.256. The van der Waals surface area contributed by atoms with Crippen molar-refractivity contribution in [3.05, 3.63) is 70.0 Å². The van der Waals surface area contributed by atoms with Gasteiger partial charge in [-0.1, -0.05) is 29.8 Å². The highest BCUT2D eigenvalue weighted by atomic mass is 35.5. The maximum absolute atomic E-state index is 13.0. The molecule has 1 atom stereocenters. The van der Waals surface area contributed by atoms with Gasteiger partial charge in [-0.15, -0.1) is 0 Å². The molecule has 0 amide bonds. The topological polar surface area (TPSA) is 20.2 Å². The van der Waals surface area contributed by atoms with Crippen molar-refractivity contribution < 1.29 is 9.50 Å². The lowest BCUT2D eigenvalue weighted by atomic mass is 9.98. The fourth-order valence-electron chi connectivity index (χ4n) is 1.93. The summed E-state index contributed by atoms with van der Waals surface area (Å²) in [6.45, 7) is 1.84. The van der Waals surface area contributed by atoms with Crippen molar-refractivity contribution >= 4 is 11.6 Å². The molecule has 0 heterocycles. The van der Waals surface area contributed by atoms with Crippen molar-refractivity contribution in [3.8, 4) is 0 Å². The fourth-order valence-corrected chi connectivity index (χ4v) is 2.13. The fraction of sp³-hybridized carbons (Fsp3) is 0.200. The molecule has 2 rings (SSSR count). The SMILES string of the molecule is Cc1cc(F)ccc1CC(O)c1cccc(Cl)c1. The molecule has 94 valence electrons. The summed E-state index contributed by atoms with van der Waals surface area (Å²) in [4.78, 5) is 0. The molecule has 0 fully saturated rings. The van der Waals surface area contributed by atoms with Gasteiger partial charge in [0.05, 0.1) is 6.10 Å². The molecular formula is C15H14ClFO. The maximum Gasteiger partial charge on any atom is 0.123 e. The molecule has 0 aliphatic carbocycles. The van der Waals surface area contributed by atoms with Crippen molar-refractivity contribution in [2.24, 2.45) is 0 Å². The van der Waals surface area contributed by atoms with Gasteiger partial charge in [-0.25, -0.2) is 4.39 Å². The third-order valence-electron chi connectivity index (χ3n) is 2.95. The van der Waals surface area contributed by atoms with E-state index in [4.69, 9.17) is 11.6 Å². The first-order valence-corrected chi connectivity index (χ1v) is 6.12. The van der Waals surface area contributed by atoms with E-state index in [2.05, 4.69) is 0 Å². The highest BCUT2D eigenvalue weighted by Gasteiger charge is 2.10. The molecule has 2 aromatic rings. The Labute approximate surface area is 111 Å². The van der Waals surface area contributed by atoms with Crippen LogP contribution in [-0.4, -0.2) is 5.11 Å². The summed E-state index contributed by atoms with van der Waals surface area (Å²) in [7, 11) is 0. The molecule has 0 spiro atoms. The van der Waals surface area contributed by atoms with Crippen LogP contribution < -0.4 is 0 Å². The second-order valence-electron chi connectivity index (χ2n) is 4.35. The van der Waals surface area contributed by atoms with E-state index < -0.39 is 6.10 Å². The molecule has 1 unspecified atom stereocenters. The highest BCUT2D eigenvalue weighted by Crippen LogP contribution is 2.23. The molecule has 0 bridgehead atoms. The minimum Gasteiger partial charge on any atom is -0.388 e. The van der Waals surface area contributed by atoms with E-state index >= 15 is 0 Å². The van der Waals surface area contributed by atoms with E-state index in [1.54, 1.807) is 24.3 Å². The number of hydrogen-bond acceptors (Lipinski definition) is 1. The molecule has 1 nitrogen and oxygen atoms in total. The molecular weight excluding hydrogens is 251 g/mol. The Balaban J connectivity index is 2.18. The smallest absolute Gasteiger partial charge is 0.123 e. The summed E-state index contributed by atoms with van der Waals surface area (Å²) in [6, 6.07) is 11.7. The van der Waals surface area contributed by atoms with Crippen molar-refractivity contribution in [1.82, 2.24) is 0 Å². The zero-order chi connectivity index (χ0) is 13.1. The van der Waals surface area contributed by atoms with E-state index in [0.29, 0.717) is 11.4 Å². The van der Waals surface area contributed by atoms with E-state index in [0.717, 1.165) is 16.7 Å². The molecule has 18 heavy (non-hydrogen) atoms. The summed E-state index contributed by atoms with van der Waals surface area (Å²) in [5.41, 5.74) is 2.55. The van der Waals surface area contributed by atoms with E-state index in [-0.39, 0.29) is 5.82 Å². The number of benzene rings is 2. The summed E-state index contributed by atoms with van der Waals surface area (Å²) >= 11 is 5.88. The highest BCUT2D eigenvalue weighted by molar-refractivity contribution is 6.30. The second kappa shape index (κ2) is 5.51. The average Bonchev–Trinajstić information content (AvgIpc) is 2.32. The molecule has 1 N–H and O–H groups in total. The van der Waals surface area contributed by atoms with Crippen LogP contribution in [0.3, 0.4) is 0 Å². The summed E-state index contributed by atoms with van der Waals surface area (Å²) in [5.74, 6) is -0.256. The molecule has 0 radical (unpaired) electrons. The van der Waals surface area contributed by atoms with Crippen molar-refractivity contribution in [2.45, 2.75) is 19.4 Å². The first-order valence-electron chi connectivity index (χ1n) is 5.75. The summed E-state index contributed by atoms with van der Waals surface area (Å²) in [5, 5.41) is 10.7. The Bertz CT molecular complexity index is 554. The Morgan fingerprint density at radius 2 is 2.00 bits per heavy atom. The predicted molar refractivity (Wildman–Crippen MR) is 71.3 cm³/mol. The van der Waals surface area contributed by atoms with E-state index in [1.807, 2.05) is 13.0 Å². The number of hydrogen-bond donors (Lipinski definition) is 1. The van der Waals surface area contributed by atoms with Gasteiger partial charge >= 0.3 is 0 Å². The monoisotopic (exact) mass is 264 g/mol. The van der Waals surface area contributed by atoms with Gasteiger partial charge in [0.15, 0.2) is 0 Å². The quantitative estimate of drug-likeness (QED) is 0.886. The minimum atomic E-state index is -0.632. The molecule has 0 saturated heterocycles. The van der Waals surface area contributed by atoms with Gasteiger partial charge in [-0.3, -0.25) is 0 Å². The van der Waals surface area contributed by atoms with Crippen molar-refractivity contribution in [3.63, 3.8) is 0 Å².